The minimum atomic E-state index is -0.546. The quantitative estimate of drug-likeness (QED) is 0.879. The first-order chi connectivity index (χ1) is 9.60. The predicted octanol–water partition coefficient (Wildman–Crippen LogP) is 4.24. The molecular weight excluding hydrogens is 327 g/mol. The lowest BCUT2D eigenvalue weighted by Gasteiger charge is -2.11. The van der Waals surface area contributed by atoms with Crippen LogP contribution in [0, 0.1) is 5.82 Å². The third kappa shape index (κ3) is 3.48. The zero-order valence-corrected chi connectivity index (χ0v) is 12.2. The van der Waals surface area contributed by atoms with Gasteiger partial charge in [0.25, 0.3) is 0 Å². The first-order valence-corrected chi connectivity index (χ1v) is 6.55. The van der Waals surface area contributed by atoms with Gasteiger partial charge in [-0.05, 0) is 30.3 Å². The average Bonchev–Trinajstić information content (AvgIpc) is 2.43. The van der Waals surface area contributed by atoms with Crippen molar-refractivity contribution in [2.75, 3.05) is 17.7 Å². The maximum Gasteiger partial charge on any atom is 0.323 e. The van der Waals surface area contributed by atoms with Crippen molar-refractivity contribution in [1.29, 1.82) is 0 Å². The lowest BCUT2D eigenvalue weighted by atomic mass is 10.3. The van der Waals surface area contributed by atoms with Crippen LogP contribution in [-0.2, 0) is 0 Å². The van der Waals surface area contributed by atoms with Gasteiger partial charge in [0.05, 0.1) is 18.5 Å². The number of urea groups is 1. The summed E-state index contributed by atoms with van der Waals surface area (Å²) >= 11 is 3.31. The number of nitrogens with one attached hydrogen (secondary N) is 2. The molecule has 0 aliphatic rings. The molecule has 0 heterocycles. The van der Waals surface area contributed by atoms with Gasteiger partial charge in [0.15, 0.2) is 0 Å². The van der Waals surface area contributed by atoms with Crippen molar-refractivity contribution >= 4 is 33.3 Å². The van der Waals surface area contributed by atoms with E-state index >= 15 is 0 Å². The molecule has 0 saturated carbocycles. The van der Waals surface area contributed by atoms with Crippen molar-refractivity contribution in [3.05, 3.63) is 52.8 Å². The largest absolute Gasteiger partial charge is 0.495 e. The zero-order valence-electron chi connectivity index (χ0n) is 10.6. The Morgan fingerprint density at radius 3 is 2.55 bits per heavy atom. The fraction of sp³-hybridized carbons (Fsp3) is 0.0714. The normalized spacial score (nSPS) is 9.95. The molecule has 2 aromatic rings. The van der Waals surface area contributed by atoms with E-state index in [2.05, 4.69) is 26.6 Å². The number of amides is 2. The number of benzene rings is 2. The third-order valence-electron chi connectivity index (χ3n) is 2.53. The smallest absolute Gasteiger partial charge is 0.323 e. The number of ether oxygens (including phenoxy) is 1. The second-order valence-corrected chi connectivity index (χ2v) is 4.82. The lowest BCUT2D eigenvalue weighted by Crippen LogP contribution is -2.20. The number of methoxy groups -OCH3 is 1. The number of rotatable bonds is 3. The van der Waals surface area contributed by atoms with Crippen LogP contribution in [-0.4, -0.2) is 13.1 Å². The number of halogens is 2. The molecule has 0 aliphatic heterocycles. The van der Waals surface area contributed by atoms with Crippen LogP contribution in [0.5, 0.6) is 5.75 Å². The molecule has 0 fully saturated rings. The number of hydrogen-bond acceptors (Lipinski definition) is 2. The molecule has 0 atom stereocenters. The highest BCUT2D eigenvalue weighted by atomic mass is 79.9. The topological polar surface area (TPSA) is 50.4 Å². The summed E-state index contributed by atoms with van der Waals surface area (Å²) in [4.78, 5) is 11.8. The molecule has 0 bridgehead atoms. The minimum Gasteiger partial charge on any atom is -0.495 e. The predicted molar refractivity (Wildman–Crippen MR) is 79.7 cm³/mol. The maximum absolute atomic E-state index is 13.4. The summed E-state index contributed by atoms with van der Waals surface area (Å²) in [5.41, 5.74) is 0.602. The summed E-state index contributed by atoms with van der Waals surface area (Å²) in [5.74, 6) is 0.00785. The van der Waals surface area contributed by atoms with E-state index in [0.717, 1.165) is 4.47 Å². The number of anilines is 2. The Morgan fingerprint density at radius 1 is 1.15 bits per heavy atom. The van der Waals surface area contributed by atoms with Crippen molar-refractivity contribution in [3.8, 4) is 5.75 Å². The van der Waals surface area contributed by atoms with Crippen LogP contribution in [0.2, 0.25) is 0 Å². The fourth-order valence-corrected chi connectivity index (χ4v) is 1.95. The van der Waals surface area contributed by atoms with Crippen LogP contribution >= 0.6 is 15.9 Å². The Bertz CT molecular complexity index is 634. The van der Waals surface area contributed by atoms with Crippen molar-refractivity contribution in [2.24, 2.45) is 0 Å². The van der Waals surface area contributed by atoms with Crippen LogP contribution in [0.4, 0.5) is 20.6 Å². The number of hydrogen-bond donors (Lipinski definition) is 2. The molecular formula is C14H12BrFN2O2. The number of carbonyl (C=O) groups is 1. The molecule has 2 aromatic carbocycles. The molecule has 0 radical (unpaired) electrons. The standard InChI is InChI=1S/C14H12BrFN2O2/c1-20-13-8-9(15)6-7-12(13)18-14(19)17-11-5-3-2-4-10(11)16/h2-8H,1H3,(H2,17,18,19). The number of carbonyl (C=O) groups excluding carboxylic acids is 1. The fourth-order valence-electron chi connectivity index (χ4n) is 1.61. The van der Waals surface area contributed by atoms with E-state index in [1.165, 1.54) is 19.2 Å². The summed E-state index contributed by atoms with van der Waals surface area (Å²) in [7, 11) is 1.50. The number of para-hydroxylation sites is 1. The Kier molecular flexibility index (Phi) is 4.57. The van der Waals surface area contributed by atoms with Gasteiger partial charge in [0, 0.05) is 4.47 Å². The summed E-state index contributed by atoms with van der Waals surface area (Å²) < 4.78 is 19.4. The molecule has 0 aliphatic carbocycles. The summed E-state index contributed by atoms with van der Waals surface area (Å²) in [5, 5.41) is 5.03. The Morgan fingerprint density at radius 2 is 1.85 bits per heavy atom. The van der Waals surface area contributed by atoms with Gasteiger partial charge in [0.2, 0.25) is 0 Å². The van der Waals surface area contributed by atoms with Gasteiger partial charge in [-0.15, -0.1) is 0 Å². The van der Waals surface area contributed by atoms with Crippen LogP contribution < -0.4 is 15.4 Å². The van der Waals surface area contributed by atoms with Gasteiger partial charge in [-0.2, -0.15) is 0 Å². The molecule has 2 N–H and O–H groups in total. The van der Waals surface area contributed by atoms with Gasteiger partial charge in [-0.1, -0.05) is 28.1 Å². The van der Waals surface area contributed by atoms with Crippen molar-refractivity contribution in [2.45, 2.75) is 0 Å². The molecule has 2 rings (SSSR count). The molecule has 6 heteroatoms. The Hall–Kier alpha value is -2.08. The summed E-state index contributed by atoms with van der Waals surface area (Å²) in [6, 6.07) is 10.6. The van der Waals surface area contributed by atoms with E-state index in [1.807, 2.05) is 0 Å². The van der Waals surface area contributed by atoms with Gasteiger partial charge < -0.3 is 15.4 Å². The Balaban J connectivity index is 2.11. The van der Waals surface area contributed by atoms with Crippen LogP contribution in [0.3, 0.4) is 0 Å². The van der Waals surface area contributed by atoms with E-state index in [4.69, 9.17) is 4.74 Å². The van der Waals surface area contributed by atoms with E-state index < -0.39 is 11.8 Å². The molecule has 0 spiro atoms. The molecule has 0 aromatic heterocycles. The van der Waals surface area contributed by atoms with Crippen LogP contribution in [0.15, 0.2) is 46.9 Å². The molecule has 104 valence electrons. The first-order valence-electron chi connectivity index (χ1n) is 5.76. The zero-order chi connectivity index (χ0) is 14.5. The Labute approximate surface area is 124 Å². The van der Waals surface area contributed by atoms with Gasteiger partial charge in [-0.3, -0.25) is 0 Å². The highest BCUT2D eigenvalue weighted by Gasteiger charge is 2.09. The first kappa shape index (κ1) is 14.3. The van der Waals surface area contributed by atoms with Gasteiger partial charge in [-0.25, -0.2) is 9.18 Å². The van der Waals surface area contributed by atoms with Crippen LogP contribution in [0.1, 0.15) is 0 Å². The monoisotopic (exact) mass is 338 g/mol. The van der Waals surface area contributed by atoms with E-state index in [-0.39, 0.29) is 5.69 Å². The summed E-state index contributed by atoms with van der Waals surface area (Å²) in [6.07, 6.45) is 0. The average molecular weight is 339 g/mol. The van der Waals surface area contributed by atoms with E-state index in [9.17, 15) is 9.18 Å². The maximum atomic E-state index is 13.4. The lowest BCUT2D eigenvalue weighted by molar-refractivity contribution is 0.262. The third-order valence-corrected chi connectivity index (χ3v) is 3.03. The summed E-state index contributed by atoms with van der Waals surface area (Å²) in [6.45, 7) is 0. The van der Waals surface area contributed by atoms with Crippen molar-refractivity contribution < 1.29 is 13.9 Å². The van der Waals surface area contributed by atoms with Crippen molar-refractivity contribution in [3.63, 3.8) is 0 Å². The second kappa shape index (κ2) is 6.38. The van der Waals surface area contributed by atoms with Gasteiger partial charge in [0.1, 0.15) is 11.6 Å². The highest BCUT2D eigenvalue weighted by Crippen LogP contribution is 2.28. The molecule has 20 heavy (non-hydrogen) atoms. The highest BCUT2D eigenvalue weighted by molar-refractivity contribution is 9.10. The SMILES string of the molecule is COc1cc(Br)ccc1NC(=O)Nc1ccccc1F. The second-order valence-electron chi connectivity index (χ2n) is 3.90. The van der Waals surface area contributed by atoms with Gasteiger partial charge >= 0.3 is 6.03 Å². The minimum absolute atomic E-state index is 0.112. The van der Waals surface area contributed by atoms with E-state index in [0.29, 0.717) is 11.4 Å². The molecule has 4 nitrogen and oxygen atoms in total. The molecule has 0 unspecified atom stereocenters. The van der Waals surface area contributed by atoms with Crippen LogP contribution in [0.25, 0.3) is 0 Å². The van der Waals surface area contributed by atoms with Crippen molar-refractivity contribution in [1.82, 2.24) is 0 Å². The molecule has 0 saturated heterocycles. The molecule has 2 amide bonds. The van der Waals surface area contributed by atoms with E-state index in [1.54, 1.807) is 30.3 Å².